The van der Waals surface area contributed by atoms with Crippen LogP contribution in [0.3, 0.4) is 0 Å². The first-order valence-corrected chi connectivity index (χ1v) is 12.7. The molecule has 32 heavy (non-hydrogen) atoms. The van der Waals surface area contributed by atoms with E-state index in [0.717, 1.165) is 62.5 Å². The van der Waals surface area contributed by atoms with E-state index in [0.29, 0.717) is 10.9 Å². The summed E-state index contributed by atoms with van der Waals surface area (Å²) in [5.41, 5.74) is 2.41. The number of unbranched alkanes of at least 4 members (excludes halogenated alkanes) is 1. The number of carbonyl (C=O) groups is 1. The van der Waals surface area contributed by atoms with Crippen molar-refractivity contribution in [2.45, 2.75) is 58.5 Å². The molecule has 6 nitrogen and oxygen atoms in total. The molecule has 1 fully saturated rings. The van der Waals surface area contributed by atoms with E-state index in [1.165, 1.54) is 22.3 Å². The fraction of sp³-hybridized carbons (Fsp3) is 0.520. The summed E-state index contributed by atoms with van der Waals surface area (Å²) < 4.78 is 0. The molecule has 0 radical (unpaired) electrons. The Labute approximate surface area is 195 Å². The van der Waals surface area contributed by atoms with Crippen molar-refractivity contribution in [2.24, 2.45) is 0 Å². The van der Waals surface area contributed by atoms with Crippen LogP contribution in [0.5, 0.6) is 0 Å². The fourth-order valence-electron chi connectivity index (χ4n) is 4.44. The van der Waals surface area contributed by atoms with Crippen LogP contribution in [0.4, 0.5) is 5.13 Å². The number of para-hydroxylation sites is 1. The van der Waals surface area contributed by atoms with Gasteiger partial charge in [0.2, 0.25) is 0 Å². The second kappa shape index (κ2) is 10.5. The molecule has 2 N–H and O–H groups in total. The highest BCUT2D eigenvalue weighted by atomic mass is 32.1. The number of rotatable bonds is 9. The maximum atomic E-state index is 13.1. The van der Waals surface area contributed by atoms with Crippen LogP contribution in [0.25, 0.3) is 10.9 Å². The van der Waals surface area contributed by atoms with Gasteiger partial charge in [-0.2, -0.15) is 0 Å². The summed E-state index contributed by atoms with van der Waals surface area (Å²) in [7, 11) is 0. The van der Waals surface area contributed by atoms with E-state index >= 15 is 0 Å². The molecule has 3 aromatic rings. The molecule has 2 aromatic heterocycles. The van der Waals surface area contributed by atoms with Crippen molar-refractivity contribution < 1.29 is 4.79 Å². The minimum absolute atomic E-state index is 0.00416. The maximum Gasteiger partial charge on any atom is 0.263 e. The Balaban J connectivity index is 1.40. The second-order valence-corrected chi connectivity index (χ2v) is 10.0. The summed E-state index contributed by atoms with van der Waals surface area (Å²) in [6, 6.07) is 9.04. The van der Waals surface area contributed by atoms with Gasteiger partial charge in [0.05, 0.1) is 6.20 Å². The lowest BCUT2D eigenvalue weighted by Gasteiger charge is -2.36. The number of nitrogens with zero attached hydrogens (tertiary/aromatic N) is 3. The first kappa shape index (κ1) is 22.8. The first-order chi connectivity index (χ1) is 15.5. The average molecular weight is 454 g/mol. The van der Waals surface area contributed by atoms with Gasteiger partial charge in [0, 0.05) is 55.4 Å². The molecule has 4 rings (SSSR count). The molecule has 3 heterocycles. The number of piperazine rings is 1. The quantitative estimate of drug-likeness (QED) is 0.494. The number of benzene rings is 1. The van der Waals surface area contributed by atoms with Gasteiger partial charge in [-0.1, -0.05) is 49.3 Å². The first-order valence-electron chi connectivity index (χ1n) is 11.9. The van der Waals surface area contributed by atoms with Gasteiger partial charge in [-0.05, 0) is 38.3 Å². The van der Waals surface area contributed by atoms with E-state index in [9.17, 15) is 4.79 Å². The summed E-state index contributed by atoms with van der Waals surface area (Å²) >= 11 is 1.51. The highest BCUT2D eigenvalue weighted by Crippen LogP contribution is 2.25. The number of thiazole rings is 1. The Kier molecular flexibility index (Phi) is 7.48. The highest BCUT2D eigenvalue weighted by molar-refractivity contribution is 7.17. The summed E-state index contributed by atoms with van der Waals surface area (Å²) in [5.74, 6) is -0.00416. The average Bonchev–Trinajstić information content (AvgIpc) is 3.45. The van der Waals surface area contributed by atoms with Crippen molar-refractivity contribution in [3.05, 3.63) is 47.1 Å². The largest absolute Gasteiger partial charge is 0.361 e. The summed E-state index contributed by atoms with van der Waals surface area (Å²) in [6.07, 6.45) is 7.85. The van der Waals surface area contributed by atoms with Gasteiger partial charge >= 0.3 is 0 Å². The van der Waals surface area contributed by atoms with Gasteiger partial charge in [-0.15, -0.1) is 0 Å². The molecule has 1 atom stereocenters. The van der Waals surface area contributed by atoms with Crippen molar-refractivity contribution >= 4 is 33.3 Å². The Morgan fingerprint density at radius 3 is 2.75 bits per heavy atom. The molecule has 1 aromatic carbocycles. The maximum absolute atomic E-state index is 13.1. The standard InChI is InChI=1S/C25H35N5OS/c1-4-5-8-20(15-19-16-26-22-10-7-6-9-21(19)22)28-24(31)23-17-27-25(32-23)30-13-11-29(12-14-30)18(2)3/h6-7,9-10,16-18,20,26H,4-5,8,11-15H2,1-3H3,(H,28,31). The van der Waals surface area contributed by atoms with Crippen molar-refractivity contribution in [2.75, 3.05) is 31.1 Å². The van der Waals surface area contributed by atoms with Crippen LogP contribution < -0.4 is 10.2 Å². The fourth-order valence-corrected chi connectivity index (χ4v) is 5.31. The van der Waals surface area contributed by atoms with Gasteiger partial charge < -0.3 is 15.2 Å². The topological polar surface area (TPSA) is 64.3 Å². The van der Waals surface area contributed by atoms with Crippen LogP contribution in [0.15, 0.2) is 36.7 Å². The third-order valence-electron chi connectivity index (χ3n) is 6.41. The van der Waals surface area contributed by atoms with E-state index in [-0.39, 0.29) is 11.9 Å². The Bertz CT molecular complexity index is 1020. The molecule has 1 aliphatic rings. The molecule has 1 amide bonds. The zero-order valence-corrected chi connectivity index (χ0v) is 20.3. The van der Waals surface area contributed by atoms with E-state index in [1.807, 2.05) is 6.07 Å². The normalized spacial score (nSPS) is 16.1. The third-order valence-corrected chi connectivity index (χ3v) is 7.47. The predicted molar refractivity (Wildman–Crippen MR) is 134 cm³/mol. The number of amides is 1. The van der Waals surface area contributed by atoms with Crippen molar-refractivity contribution in [1.29, 1.82) is 0 Å². The molecule has 7 heteroatoms. The number of anilines is 1. The summed E-state index contributed by atoms with van der Waals surface area (Å²) in [5, 5.41) is 5.50. The number of hydrogen-bond acceptors (Lipinski definition) is 5. The van der Waals surface area contributed by atoms with E-state index in [2.05, 4.69) is 70.3 Å². The van der Waals surface area contributed by atoms with Crippen molar-refractivity contribution in [1.82, 2.24) is 20.2 Å². The number of carbonyl (C=O) groups excluding carboxylic acids is 1. The Morgan fingerprint density at radius 2 is 2.00 bits per heavy atom. The zero-order chi connectivity index (χ0) is 22.5. The lowest BCUT2D eigenvalue weighted by Crippen LogP contribution is -2.48. The summed E-state index contributed by atoms with van der Waals surface area (Å²) in [4.78, 5) is 26.5. The minimum atomic E-state index is -0.00416. The van der Waals surface area contributed by atoms with Gasteiger partial charge in [0.1, 0.15) is 4.88 Å². The SMILES string of the molecule is CCCCC(Cc1c[nH]c2ccccc12)NC(=O)c1cnc(N2CCN(C(C)C)CC2)s1. The number of aromatic nitrogens is 2. The molecule has 1 unspecified atom stereocenters. The predicted octanol–water partition coefficient (Wildman–Crippen LogP) is 4.69. The number of aromatic amines is 1. The molecule has 0 spiro atoms. The lowest BCUT2D eigenvalue weighted by molar-refractivity contribution is 0.0938. The third kappa shape index (κ3) is 5.33. The van der Waals surface area contributed by atoms with Crippen LogP contribution in [0, 0.1) is 0 Å². The highest BCUT2D eigenvalue weighted by Gasteiger charge is 2.23. The van der Waals surface area contributed by atoms with Crippen LogP contribution in [0.2, 0.25) is 0 Å². The molecule has 1 saturated heterocycles. The molecular weight excluding hydrogens is 418 g/mol. The summed E-state index contributed by atoms with van der Waals surface area (Å²) in [6.45, 7) is 10.7. The number of fused-ring (bicyclic) bond motifs is 1. The van der Waals surface area contributed by atoms with E-state index in [4.69, 9.17) is 0 Å². The molecule has 172 valence electrons. The lowest BCUT2D eigenvalue weighted by atomic mass is 10.0. The number of hydrogen-bond donors (Lipinski definition) is 2. The minimum Gasteiger partial charge on any atom is -0.361 e. The molecule has 0 bridgehead atoms. The van der Waals surface area contributed by atoms with Crippen LogP contribution in [-0.4, -0.2) is 59.0 Å². The van der Waals surface area contributed by atoms with E-state index in [1.54, 1.807) is 6.20 Å². The molecular formula is C25H35N5OS. The smallest absolute Gasteiger partial charge is 0.263 e. The van der Waals surface area contributed by atoms with Crippen LogP contribution >= 0.6 is 11.3 Å². The Morgan fingerprint density at radius 1 is 1.22 bits per heavy atom. The molecule has 1 aliphatic heterocycles. The number of nitrogens with one attached hydrogen (secondary N) is 2. The van der Waals surface area contributed by atoms with Crippen molar-refractivity contribution in [3.63, 3.8) is 0 Å². The zero-order valence-electron chi connectivity index (χ0n) is 19.4. The van der Waals surface area contributed by atoms with Gasteiger partial charge in [-0.25, -0.2) is 4.98 Å². The monoisotopic (exact) mass is 453 g/mol. The van der Waals surface area contributed by atoms with Crippen LogP contribution in [0.1, 0.15) is 55.3 Å². The van der Waals surface area contributed by atoms with Gasteiger partial charge in [-0.3, -0.25) is 9.69 Å². The van der Waals surface area contributed by atoms with Gasteiger partial charge in [0.15, 0.2) is 5.13 Å². The van der Waals surface area contributed by atoms with E-state index < -0.39 is 0 Å². The van der Waals surface area contributed by atoms with Gasteiger partial charge in [0.25, 0.3) is 5.91 Å². The van der Waals surface area contributed by atoms with Crippen molar-refractivity contribution in [3.8, 4) is 0 Å². The van der Waals surface area contributed by atoms with Crippen LogP contribution in [-0.2, 0) is 6.42 Å². The molecule has 0 saturated carbocycles. The molecule has 0 aliphatic carbocycles. The Hall–Kier alpha value is -2.38. The number of H-pyrrole nitrogens is 1. The second-order valence-electron chi connectivity index (χ2n) is 9.00.